The van der Waals surface area contributed by atoms with Gasteiger partial charge in [0.1, 0.15) is 5.82 Å². The fourth-order valence-electron chi connectivity index (χ4n) is 3.19. The number of hydrogen-bond acceptors (Lipinski definition) is 5. The Bertz CT molecular complexity index is 1380. The van der Waals surface area contributed by atoms with Gasteiger partial charge in [0.25, 0.3) is 17.4 Å². The number of carbonyl (C=O) groups is 2. The zero-order chi connectivity index (χ0) is 22.8. The molecular formula is C23H19FN4O3S. The van der Waals surface area contributed by atoms with Gasteiger partial charge in [-0.1, -0.05) is 30.3 Å². The van der Waals surface area contributed by atoms with Crippen LogP contribution in [0.25, 0.3) is 21.2 Å². The molecule has 7 nitrogen and oxygen atoms in total. The number of hydrazine groups is 1. The Morgan fingerprint density at radius 1 is 0.938 bits per heavy atom. The molecule has 0 bridgehead atoms. The predicted molar refractivity (Wildman–Crippen MR) is 121 cm³/mol. The number of fused-ring (bicyclic) bond motifs is 1. The van der Waals surface area contributed by atoms with E-state index in [1.165, 1.54) is 28.2 Å². The molecule has 0 unspecified atom stereocenters. The van der Waals surface area contributed by atoms with Gasteiger partial charge in [0.15, 0.2) is 5.69 Å². The van der Waals surface area contributed by atoms with Gasteiger partial charge in [-0.25, -0.2) is 9.07 Å². The molecule has 2 aromatic carbocycles. The molecule has 0 aliphatic rings. The lowest BCUT2D eigenvalue weighted by molar-refractivity contribution is 0.0845. The first-order valence-electron chi connectivity index (χ1n) is 9.83. The lowest BCUT2D eigenvalue weighted by atomic mass is 10.1. The molecule has 0 atom stereocenters. The average Bonchev–Trinajstić information content (AvgIpc) is 3.28. The normalized spacial score (nSPS) is 11.0. The Balaban J connectivity index is 1.54. The van der Waals surface area contributed by atoms with E-state index in [4.69, 9.17) is 0 Å². The monoisotopic (exact) mass is 450 g/mol. The molecule has 0 aliphatic carbocycles. The molecule has 0 saturated heterocycles. The lowest BCUT2D eigenvalue weighted by Gasteiger charge is -2.13. The first kappa shape index (κ1) is 21.4. The highest BCUT2D eigenvalue weighted by molar-refractivity contribution is 7.17. The minimum absolute atomic E-state index is 0.0346. The van der Waals surface area contributed by atoms with Gasteiger partial charge in [-0.05, 0) is 49.7 Å². The molecule has 0 radical (unpaired) electrons. The van der Waals surface area contributed by atoms with Crippen LogP contribution in [0.3, 0.4) is 0 Å². The van der Waals surface area contributed by atoms with E-state index in [-0.39, 0.29) is 23.1 Å². The molecule has 9 heteroatoms. The molecule has 2 amide bonds. The van der Waals surface area contributed by atoms with Gasteiger partial charge in [-0.3, -0.25) is 25.2 Å². The minimum Gasteiger partial charge on any atom is -0.267 e. The molecule has 0 saturated carbocycles. The van der Waals surface area contributed by atoms with Crippen LogP contribution in [0.5, 0.6) is 0 Å². The van der Waals surface area contributed by atoms with E-state index in [2.05, 4.69) is 16.0 Å². The Morgan fingerprint density at radius 2 is 1.59 bits per heavy atom. The number of carbonyl (C=O) groups excluding carboxylic acids is 2. The number of rotatable bonds is 4. The maximum Gasteiger partial charge on any atom is 0.290 e. The topological polar surface area (TPSA) is 93.1 Å². The fraction of sp³-hybridized carbons (Fsp3) is 0.130. The van der Waals surface area contributed by atoms with E-state index in [1.807, 2.05) is 0 Å². The van der Waals surface area contributed by atoms with Crippen molar-refractivity contribution in [1.82, 2.24) is 20.6 Å². The zero-order valence-electron chi connectivity index (χ0n) is 17.3. The number of aromatic nitrogens is 2. The Hall–Kier alpha value is -3.85. The van der Waals surface area contributed by atoms with Crippen LogP contribution in [-0.2, 0) is 0 Å². The van der Waals surface area contributed by atoms with Crippen molar-refractivity contribution < 1.29 is 14.0 Å². The second-order valence-corrected chi connectivity index (χ2v) is 8.40. The predicted octanol–water partition coefficient (Wildman–Crippen LogP) is 3.92. The molecule has 32 heavy (non-hydrogen) atoms. The van der Waals surface area contributed by atoms with Crippen molar-refractivity contribution in [3.63, 3.8) is 0 Å². The van der Waals surface area contributed by atoms with Crippen LogP contribution in [-0.4, -0.2) is 21.6 Å². The summed E-state index contributed by atoms with van der Waals surface area (Å²) in [6, 6.07) is 15.8. The molecule has 2 heterocycles. The largest absolute Gasteiger partial charge is 0.290 e. The molecule has 0 aliphatic heterocycles. The quantitative estimate of drug-likeness (QED) is 0.461. The van der Waals surface area contributed by atoms with Gasteiger partial charge < -0.3 is 0 Å². The Labute approximate surface area is 186 Å². The Kier molecular flexibility index (Phi) is 5.83. The maximum absolute atomic E-state index is 13.1. The molecule has 162 valence electrons. The van der Waals surface area contributed by atoms with Crippen LogP contribution in [0.2, 0.25) is 0 Å². The second kappa shape index (κ2) is 8.72. The van der Waals surface area contributed by atoms with Crippen LogP contribution in [0, 0.1) is 5.82 Å². The summed E-state index contributed by atoms with van der Waals surface area (Å²) in [7, 11) is 0. The van der Waals surface area contributed by atoms with E-state index in [9.17, 15) is 18.8 Å². The van der Waals surface area contributed by atoms with E-state index in [0.717, 1.165) is 10.4 Å². The Morgan fingerprint density at radius 3 is 2.28 bits per heavy atom. The number of halogens is 1. The molecular weight excluding hydrogens is 431 g/mol. The van der Waals surface area contributed by atoms with Crippen molar-refractivity contribution in [2.75, 3.05) is 0 Å². The van der Waals surface area contributed by atoms with Gasteiger partial charge in [0, 0.05) is 10.3 Å². The number of amides is 2. The molecule has 4 aromatic rings. The van der Waals surface area contributed by atoms with Crippen molar-refractivity contribution in [1.29, 1.82) is 0 Å². The van der Waals surface area contributed by atoms with E-state index in [1.54, 1.807) is 62.4 Å². The van der Waals surface area contributed by atoms with Crippen molar-refractivity contribution in [2.45, 2.75) is 19.9 Å². The summed E-state index contributed by atoms with van der Waals surface area (Å²) in [5.74, 6) is -1.48. The van der Waals surface area contributed by atoms with E-state index in [0.29, 0.717) is 15.6 Å². The lowest BCUT2D eigenvalue weighted by Crippen LogP contribution is -2.42. The minimum atomic E-state index is -0.640. The smallest absolute Gasteiger partial charge is 0.267 e. The number of nitrogens with one attached hydrogen (secondary N) is 2. The average molecular weight is 450 g/mol. The molecule has 4 rings (SSSR count). The van der Waals surface area contributed by atoms with Crippen LogP contribution in [0.4, 0.5) is 4.39 Å². The molecule has 0 spiro atoms. The van der Waals surface area contributed by atoms with Crippen molar-refractivity contribution in [3.8, 4) is 10.4 Å². The third kappa shape index (κ3) is 4.15. The van der Waals surface area contributed by atoms with Gasteiger partial charge in [-0.2, -0.15) is 5.10 Å². The third-order valence-electron chi connectivity index (χ3n) is 4.78. The molecule has 2 N–H and O–H groups in total. The highest BCUT2D eigenvalue weighted by atomic mass is 32.1. The van der Waals surface area contributed by atoms with Gasteiger partial charge >= 0.3 is 0 Å². The SMILES string of the molecule is CC(C)n1nc(C(=O)NNC(=O)c2ccc(-c3ccc(F)cc3)s2)c2ccccc2c1=O. The maximum atomic E-state index is 13.1. The van der Waals surface area contributed by atoms with Crippen LogP contribution in [0.1, 0.15) is 40.0 Å². The van der Waals surface area contributed by atoms with Gasteiger partial charge in [0.2, 0.25) is 0 Å². The van der Waals surface area contributed by atoms with Crippen LogP contribution in [0.15, 0.2) is 65.5 Å². The van der Waals surface area contributed by atoms with Crippen molar-refractivity contribution in [2.24, 2.45) is 0 Å². The van der Waals surface area contributed by atoms with Crippen LogP contribution < -0.4 is 16.4 Å². The molecule has 2 aromatic heterocycles. The summed E-state index contributed by atoms with van der Waals surface area (Å²) in [6.07, 6.45) is 0. The fourth-order valence-corrected chi connectivity index (χ4v) is 4.09. The summed E-state index contributed by atoms with van der Waals surface area (Å²) in [4.78, 5) is 39.1. The van der Waals surface area contributed by atoms with Crippen LogP contribution >= 0.6 is 11.3 Å². The number of nitrogens with zero attached hydrogens (tertiary/aromatic N) is 2. The highest BCUT2D eigenvalue weighted by Crippen LogP contribution is 2.28. The second-order valence-electron chi connectivity index (χ2n) is 7.32. The standard InChI is InChI=1S/C23H19FN4O3S/c1-13(2)28-23(31)17-6-4-3-5-16(17)20(27-28)22(30)26-25-21(29)19-12-11-18(32-19)14-7-9-15(24)10-8-14/h3-13H,1-2H3,(H,25,29)(H,26,30). The summed E-state index contributed by atoms with van der Waals surface area (Å²) >= 11 is 1.21. The van der Waals surface area contributed by atoms with Crippen molar-refractivity contribution >= 4 is 33.9 Å². The third-order valence-corrected chi connectivity index (χ3v) is 5.91. The summed E-state index contributed by atoms with van der Waals surface area (Å²) in [5, 5.41) is 4.98. The number of benzene rings is 2. The van der Waals surface area contributed by atoms with E-state index < -0.39 is 11.8 Å². The number of thiophene rings is 1. The summed E-state index contributed by atoms with van der Waals surface area (Å²) in [6.45, 7) is 3.59. The summed E-state index contributed by atoms with van der Waals surface area (Å²) in [5.41, 5.74) is 5.29. The van der Waals surface area contributed by atoms with Crippen molar-refractivity contribution in [3.05, 3.63) is 87.4 Å². The number of hydrogen-bond donors (Lipinski definition) is 2. The first-order valence-corrected chi connectivity index (χ1v) is 10.6. The van der Waals surface area contributed by atoms with Gasteiger partial charge in [-0.15, -0.1) is 11.3 Å². The van der Waals surface area contributed by atoms with E-state index >= 15 is 0 Å². The molecule has 0 fully saturated rings. The first-order chi connectivity index (χ1) is 15.3. The summed E-state index contributed by atoms with van der Waals surface area (Å²) < 4.78 is 14.4. The zero-order valence-corrected chi connectivity index (χ0v) is 18.1. The van der Waals surface area contributed by atoms with Gasteiger partial charge in [0.05, 0.1) is 16.3 Å². The highest BCUT2D eigenvalue weighted by Gasteiger charge is 2.19.